The molecule has 2 fully saturated rings. The average molecular weight is 335 g/mol. The Morgan fingerprint density at radius 1 is 1.12 bits per heavy atom. The van der Waals surface area contributed by atoms with Crippen molar-refractivity contribution in [3.63, 3.8) is 0 Å². The van der Waals surface area contributed by atoms with Gasteiger partial charge >= 0.3 is 6.03 Å². The topological polar surface area (TPSA) is 44.4 Å². The lowest BCUT2D eigenvalue weighted by molar-refractivity contribution is 0.170. The number of urea groups is 1. The molecule has 1 aliphatic carbocycles. The first-order chi connectivity index (χ1) is 13.9. The van der Waals surface area contributed by atoms with Crippen molar-refractivity contribution in [2.75, 3.05) is 19.6 Å². The van der Waals surface area contributed by atoms with Crippen LogP contribution in [0.15, 0.2) is 30.2 Å². The highest BCUT2D eigenvalue weighted by Gasteiger charge is 2.23. The largest absolute Gasteiger partial charge is 0.335 e. The van der Waals surface area contributed by atoms with Gasteiger partial charge in [0, 0.05) is 19.1 Å². The molecule has 0 radical (unpaired) electrons. The lowest BCUT2D eigenvalue weighted by Crippen LogP contribution is -2.47. The van der Waals surface area contributed by atoms with E-state index in [0.29, 0.717) is 12.5 Å². The van der Waals surface area contributed by atoms with Crippen molar-refractivity contribution in [2.45, 2.75) is 57.5 Å². The minimum Gasteiger partial charge on any atom is -0.335 e. The van der Waals surface area contributed by atoms with Crippen molar-refractivity contribution in [3.8, 4) is 0 Å². The number of carbonyl (C=O) groups excluding carboxylic acids is 1. The second-order valence-corrected chi connectivity index (χ2v) is 6.96. The Kier molecular flexibility index (Phi) is 4.50. The molecule has 4 nitrogen and oxygen atoms in total. The molecule has 3 rings (SSSR count). The van der Waals surface area contributed by atoms with E-state index in [4.69, 9.17) is 6.85 Å². The maximum atomic E-state index is 13.1. The van der Waals surface area contributed by atoms with Crippen LogP contribution in [0.25, 0.3) is 0 Å². The Morgan fingerprint density at radius 3 is 2.54 bits per heavy atom. The van der Waals surface area contributed by atoms with Gasteiger partial charge in [-0.25, -0.2) is 4.79 Å². The first-order valence-electron chi connectivity index (χ1n) is 11.7. The Morgan fingerprint density at radius 2 is 1.83 bits per heavy atom. The Bertz CT molecular complexity index is 704. The van der Waals surface area contributed by atoms with Gasteiger partial charge in [-0.2, -0.15) is 0 Å². The Balaban J connectivity index is 1.81. The third-order valence-electron chi connectivity index (χ3n) is 5.06. The molecule has 0 atom stereocenters. The number of nitrogens with one attached hydrogen (secondary N) is 2. The standard InChI is InChI=1S/C20H31N3O/c24-20(22-19-9-5-2-6-10-19)23(15-17-7-3-1-4-8-17)16-18-11-13-21-14-12-18/h1,3-4,7-8,18-19,21H,2,5-6,9-16H2,(H,22,24)/i1D,3D,4D,7D,8D. The zero-order chi connectivity index (χ0) is 21.0. The molecule has 4 heteroatoms. The van der Waals surface area contributed by atoms with Crippen LogP contribution in [0, 0.1) is 5.92 Å². The Hall–Kier alpha value is -1.55. The van der Waals surface area contributed by atoms with Gasteiger partial charge in [-0.3, -0.25) is 0 Å². The van der Waals surface area contributed by atoms with E-state index >= 15 is 0 Å². The van der Waals surface area contributed by atoms with Gasteiger partial charge < -0.3 is 15.5 Å². The summed E-state index contributed by atoms with van der Waals surface area (Å²) in [6, 6.07) is -1.59. The fourth-order valence-electron chi connectivity index (χ4n) is 3.65. The van der Waals surface area contributed by atoms with Crippen molar-refractivity contribution in [1.29, 1.82) is 0 Å². The molecule has 2 aliphatic rings. The Labute approximate surface area is 153 Å². The summed E-state index contributed by atoms with van der Waals surface area (Å²) in [6.45, 7) is 2.38. The lowest BCUT2D eigenvalue weighted by atomic mass is 9.95. The fraction of sp³-hybridized carbons (Fsp3) is 0.650. The maximum absolute atomic E-state index is 13.1. The van der Waals surface area contributed by atoms with Crippen LogP contribution < -0.4 is 10.6 Å². The molecule has 2 N–H and O–H groups in total. The van der Waals surface area contributed by atoms with Crippen LogP contribution in [0.2, 0.25) is 0 Å². The van der Waals surface area contributed by atoms with E-state index in [1.165, 1.54) is 6.42 Å². The van der Waals surface area contributed by atoms with Crippen LogP contribution in [-0.2, 0) is 6.54 Å². The first kappa shape index (κ1) is 11.9. The molecular weight excluding hydrogens is 298 g/mol. The molecule has 1 heterocycles. The monoisotopic (exact) mass is 334 g/mol. The van der Waals surface area contributed by atoms with E-state index in [9.17, 15) is 4.79 Å². The van der Waals surface area contributed by atoms with Gasteiger partial charge in [0.1, 0.15) is 0 Å². The summed E-state index contributed by atoms with van der Waals surface area (Å²) in [7, 11) is 0. The summed E-state index contributed by atoms with van der Waals surface area (Å²) in [5.74, 6) is 0.345. The van der Waals surface area contributed by atoms with E-state index in [0.717, 1.165) is 51.6 Å². The third kappa shape index (κ3) is 5.23. The lowest BCUT2D eigenvalue weighted by Gasteiger charge is -2.32. The molecule has 0 bridgehead atoms. The maximum Gasteiger partial charge on any atom is 0.317 e. The van der Waals surface area contributed by atoms with Crippen molar-refractivity contribution in [3.05, 3.63) is 35.8 Å². The minimum atomic E-state index is -0.402. The fourth-order valence-corrected chi connectivity index (χ4v) is 3.65. The predicted molar refractivity (Wildman–Crippen MR) is 97.9 cm³/mol. The highest BCUT2D eigenvalue weighted by molar-refractivity contribution is 5.74. The predicted octanol–water partition coefficient (Wildman–Crippen LogP) is 3.53. The SMILES string of the molecule is [2H]c1c([2H])c([2H])c(CN(CC2CCNCC2)C(=O)NC2CCCCC2)c([2H])c1[2H]. The number of piperidine rings is 1. The number of nitrogens with zero attached hydrogens (tertiary/aromatic N) is 1. The summed E-state index contributed by atoms with van der Waals surface area (Å²) in [5.41, 5.74) is 0.184. The van der Waals surface area contributed by atoms with Gasteiger partial charge in [0.05, 0.1) is 6.85 Å². The van der Waals surface area contributed by atoms with Crippen molar-refractivity contribution in [1.82, 2.24) is 15.5 Å². The van der Waals surface area contributed by atoms with Crippen molar-refractivity contribution < 1.29 is 11.6 Å². The summed E-state index contributed by atoms with van der Waals surface area (Å²) in [5, 5.41) is 6.45. The van der Waals surface area contributed by atoms with Crippen LogP contribution in [0.3, 0.4) is 0 Å². The number of hydrogen-bond donors (Lipinski definition) is 2. The summed E-state index contributed by atoms with van der Waals surface area (Å²) in [4.78, 5) is 14.7. The molecule has 1 aromatic carbocycles. The molecule has 1 saturated heterocycles. The van der Waals surface area contributed by atoms with Crippen LogP contribution >= 0.6 is 0 Å². The number of carbonyl (C=O) groups is 1. The molecule has 0 spiro atoms. The zero-order valence-corrected chi connectivity index (χ0v) is 14.3. The third-order valence-corrected chi connectivity index (χ3v) is 5.06. The van der Waals surface area contributed by atoms with E-state index in [1.807, 2.05) is 0 Å². The molecule has 2 amide bonds. The molecule has 1 aromatic rings. The van der Waals surface area contributed by atoms with Crippen molar-refractivity contribution >= 4 is 6.03 Å². The second-order valence-electron chi connectivity index (χ2n) is 6.96. The van der Waals surface area contributed by atoms with Crippen LogP contribution in [0.5, 0.6) is 0 Å². The first-order valence-corrected chi connectivity index (χ1v) is 9.20. The van der Waals surface area contributed by atoms with Crippen molar-refractivity contribution in [2.24, 2.45) is 5.92 Å². The molecular formula is C20H31N3O. The molecule has 1 aliphatic heterocycles. The van der Waals surface area contributed by atoms with E-state index in [-0.39, 0.29) is 48.4 Å². The van der Waals surface area contributed by atoms with E-state index < -0.39 is 6.04 Å². The van der Waals surface area contributed by atoms with Gasteiger partial charge in [0.15, 0.2) is 0 Å². The molecule has 0 aromatic heterocycles. The smallest absolute Gasteiger partial charge is 0.317 e. The van der Waals surface area contributed by atoms with Crippen LogP contribution in [-0.4, -0.2) is 36.6 Å². The molecule has 24 heavy (non-hydrogen) atoms. The minimum absolute atomic E-state index is 0.0260. The second kappa shape index (κ2) is 9.07. The van der Waals surface area contributed by atoms with Crippen LogP contribution in [0.4, 0.5) is 4.79 Å². The van der Waals surface area contributed by atoms with E-state index in [1.54, 1.807) is 4.90 Å². The van der Waals surface area contributed by atoms with Crippen LogP contribution in [0.1, 0.15) is 57.4 Å². The zero-order valence-electron chi connectivity index (χ0n) is 19.3. The average Bonchev–Trinajstić information content (AvgIpc) is 2.74. The number of hydrogen-bond acceptors (Lipinski definition) is 2. The number of amides is 2. The highest BCUT2D eigenvalue weighted by Crippen LogP contribution is 2.19. The molecule has 132 valence electrons. The van der Waals surface area contributed by atoms with Gasteiger partial charge in [-0.15, -0.1) is 0 Å². The van der Waals surface area contributed by atoms with Gasteiger partial charge in [-0.1, -0.05) is 49.5 Å². The summed E-state index contributed by atoms with van der Waals surface area (Å²) < 4.78 is 40.0. The number of benzene rings is 1. The molecule has 1 saturated carbocycles. The molecule has 0 unspecified atom stereocenters. The normalized spacial score (nSPS) is 22.8. The van der Waals surface area contributed by atoms with Gasteiger partial charge in [0.25, 0.3) is 0 Å². The highest BCUT2D eigenvalue weighted by atomic mass is 16.2. The summed E-state index contributed by atoms with van der Waals surface area (Å²) in [6.07, 6.45) is 7.31. The summed E-state index contributed by atoms with van der Waals surface area (Å²) >= 11 is 0. The van der Waals surface area contributed by atoms with E-state index in [2.05, 4.69) is 10.6 Å². The quantitative estimate of drug-likeness (QED) is 0.865. The van der Waals surface area contributed by atoms with Gasteiger partial charge in [0.2, 0.25) is 0 Å². The van der Waals surface area contributed by atoms with Gasteiger partial charge in [-0.05, 0) is 50.3 Å². The number of rotatable bonds is 5.